The monoisotopic (exact) mass is 367 g/mol. The number of esters is 1. The van der Waals surface area contributed by atoms with E-state index in [1.54, 1.807) is 19.9 Å². The largest absolute Gasteiger partial charge is 0.469 e. The maximum atomic E-state index is 13.0. The van der Waals surface area contributed by atoms with Crippen molar-refractivity contribution in [3.63, 3.8) is 0 Å². The molecule has 0 bridgehead atoms. The van der Waals surface area contributed by atoms with Crippen LogP contribution in [0.25, 0.3) is 11.1 Å². The van der Waals surface area contributed by atoms with Crippen LogP contribution in [0.15, 0.2) is 34.9 Å². The van der Waals surface area contributed by atoms with E-state index in [-0.39, 0.29) is 12.3 Å². The van der Waals surface area contributed by atoms with E-state index in [0.717, 1.165) is 11.1 Å². The maximum absolute atomic E-state index is 13.0. The van der Waals surface area contributed by atoms with Crippen LogP contribution in [0.5, 0.6) is 0 Å². The summed E-state index contributed by atoms with van der Waals surface area (Å²) in [7, 11) is 1.33. The van der Waals surface area contributed by atoms with Gasteiger partial charge in [-0.3, -0.25) is 9.59 Å². The Hall–Kier alpha value is -3.22. The Balaban J connectivity index is 1.96. The van der Waals surface area contributed by atoms with Gasteiger partial charge in [0.2, 0.25) is 0 Å². The van der Waals surface area contributed by atoms with E-state index < -0.39 is 12.0 Å². The molecule has 0 fully saturated rings. The van der Waals surface area contributed by atoms with Gasteiger partial charge >= 0.3 is 5.97 Å². The van der Waals surface area contributed by atoms with Gasteiger partial charge in [0.15, 0.2) is 0 Å². The number of methoxy groups -OCH3 is 1. The molecular weight excluding hydrogens is 346 g/mol. The molecule has 0 saturated carbocycles. The van der Waals surface area contributed by atoms with Gasteiger partial charge in [0.05, 0.1) is 36.2 Å². The Morgan fingerprint density at radius 1 is 1.19 bits per heavy atom. The van der Waals surface area contributed by atoms with Crippen LogP contribution in [0.4, 0.5) is 0 Å². The lowest BCUT2D eigenvalue weighted by Gasteiger charge is -2.19. The first-order chi connectivity index (χ1) is 12.9. The lowest BCUT2D eigenvalue weighted by Crippen LogP contribution is -2.30. The molecule has 7 nitrogen and oxygen atoms in total. The molecule has 2 aromatic heterocycles. The molecule has 2 heterocycles. The molecular formula is C20H21N3O4. The smallest absolute Gasteiger partial charge is 0.307 e. The van der Waals surface area contributed by atoms with E-state index in [1.165, 1.54) is 7.11 Å². The highest BCUT2D eigenvalue weighted by molar-refractivity contribution is 6.06. The molecule has 1 N–H and O–H groups in total. The van der Waals surface area contributed by atoms with Crippen LogP contribution in [-0.2, 0) is 9.53 Å². The highest BCUT2D eigenvalue weighted by Crippen LogP contribution is 2.24. The molecule has 0 radical (unpaired) electrons. The summed E-state index contributed by atoms with van der Waals surface area (Å²) < 4.78 is 9.97. The summed E-state index contributed by atoms with van der Waals surface area (Å²) in [6.07, 6.45) is 0.0289. The molecule has 1 aromatic carbocycles. The van der Waals surface area contributed by atoms with Crippen molar-refractivity contribution in [2.75, 3.05) is 7.11 Å². The number of carbonyl (C=O) groups excluding carboxylic acids is 2. The van der Waals surface area contributed by atoms with Gasteiger partial charge < -0.3 is 14.6 Å². The lowest BCUT2D eigenvalue weighted by atomic mass is 10.0. The molecule has 0 aliphatic rings. The minimum atomic E-state index is -0.519. The molecule has 0 aliphatic heterocycles. The Morgan fingerprint density at radius 2 is 1.89 bits per heavy atom. The first kappa shape index (κ1) is 18.6. The molecule has 3 rings (SSSR count). The average Bonchev–Trinajstić information content (AvgIpc) is 3.01. The predicted molar refractivity (Wildman–Crippen MR) is 99.3 cm³/mol. The number of pyridine rings is 1. The first-order valence-electron chi connectivity index (χ1n) is 8.57. The lowest BCUT2D eigenvalue weighted by molar-refractivity contribution is -0.141. The molecule has 3 aromatic rings. The first-order valence-corrected chi connectivity index (χ1v) is 8.57. The number of aromatic nitrogens is 2. The highest BCUT2D eigenvalue weighted by Gasteiger charge is 2.23. The second-order valence-electron chi connectivity index (χ2n) is 6.48. The van der Waals surface area contributed by atoms with Crippen molar-refractivity contribution in [1.29, 1.82) is 0 Å². The van der Waals surface area contributed by atoms with Crippen LogP contribution in [-0.4, -0.2) is 29.1 Å². The number of nitrogens with one attached hydrogen (secondary N) is 1. The van der Waals surface area contributed by atoms with Gasteiger partial charge in [-0.05, 0) is 32.4 Å². The Labute approximate surface area is 156 Å². The number of benzene rings is 1. The van der Waals surface area contributed by atoms with Gasteiger partial charge in [-0.15, -0.1) is 0 Å². The fourth-order valence-electron chi connectivity index (χ4n) is 2.93. The molecule has 0 spiro atoms. The number of nitrogens with zero attached hydrogens (tertiary/aromatic N) is 2. The summed E-state index contributed by atoms with van der Waals surface area (Å²) in [6.45, 7) is 5.51. The summed E-state index contributed by atoms with van der Waals surface area (Å²) in [5.41, 5.74) is 3.87. The van der Waals surface area contributed by atoms with Gasteiger partial charge in [-0.2, -0.15) is 0 Å². The van der Waals surface area contributed by atoms with E-state index in [0.29, 0.717) is 28.1 Å². The number of hydrogen-bond donors (Lipinski definition) is 1. The Morgan fingerprint density at radius 3 is 2.56 bits per heavy atom. The minimum Gasteiger partial charge on any atom is -0.469 e. The van der Waals surface area contributed by atoms with Gasteiger partial charge in [0, 0.05) is 5.69 Å². The van der Waals surface area contributed by atoms with Gasteiger partial charge in [-0.25, -0.2) is 4.98 Å². The second kappa shape index (κ2) is 7.57. The maximum Gasteiger partial charge on any atom is 0.307 e. The van der Waals surface area contributed by atoms with Crippen molar-refractivity contribution in [2.24, 2.45) is 0 Å². The van der Waals surface area contributed by atoms with E-state index in [2.05, 4.69) is 15.5 Å². The number of fused-ring (bicyclic) bond motifs is 1. The number of ether oxygens (including phenoxy) is 1. The normalized spacial score (nSPS) is 12.0. The van der Waals surface area contributed by atoms with Crippen molar-refractivity contribution < 1.29 is 18.8 Å². The fourth-order valence-corrected chi connectivity index (χ4v) is 2.93. The predicted octanol–water partition coefficient (Wildman–Crippen LogP) is 3.18. The third kappa shape index (κ3) is 3.97. The van der Waals surface area contributed by atoms with Crippen molar-refractivity contribution in [2.45, 2.75) is 33.2 Å². The van der Waals surface area contributed by atoms with Crippen molar-refractivity contribution in [3.05, 3.63) is 58.4 Å². The zero-order chi connectivity index (χ0) is 19.6. The number of hydrogen-bond acceptors (Lipinski definition) is 6. The quantitative estimate of drug-likeness (QED) is 0.696. The van der Waals surface area contributed by atoms with Gasteiger partial charge in [0.25, 0.3) is 11.6 Å². The molecule has 1 amide bonds. The van der Waals surface area contributed by atoms with E-state index in [9.17, 15) is 9.59 Å². The van der Waals surface area contributed by atoms with Gasteiger partial charge in [-0.1, -0.05) is 35.0 Å². The average molecular weight is 367 g/mol. The van der Waals surface area contributed by atoms with Crippen molar-refractivity contribution in [3.8, 4) is 0 Å². The summed E-state index contributed by atoms with van der Waals surface area (Å²) in [5.74, 6) is -0.732. The summed E-state index contributed by atoms with van der Waals surface area (Å²) >= 11 is 0. The molecule has 27 heavy (non-hydrogen) atoms. The molecule has 0 saturated heterocycles. The summed E-state index contributed by atoms with van der Waals surface area (Å²) in [6, 6.07) is 8.82. The summed E-state index contributed by atoms with van der Waals surface area (Å²) in [4.78, 5) is 29.1. The van der Waals surface area contributed by atoms with E-state index in [1.807, 2.05) is 31.2 Å². The van der Waals surface area contributed by atoms with Crippen LogP contribution < -0.4 is 5.32 Å². The van der Waals surface area contributed by atoms with Crippen LogP contribution in [0.2, 0.25) is 0 Å². The van der Waals surface area contributed by atoms with Crippen molar-refractivity contribution >= 4 is 23.0 Å². The third-order valence-electron chi connectivity index (χ3n) is 4.37. The number of aryl methyl sites for hydroxylation is 3. The number of carbonyl (C=O) groups is 2. The minimum absolute atomic E-state index is 0.0289. The summed E-state index contributed by atoms with van der Waals surface area (Å²) in [5, 5.41) is 7.40. The zero-order valence-electron chi connectivity index (χ0n) is 15.7. The van der Waals surface area contributed by atoms with Crippen LogP contribution >= 0.6 is 0 Å². The topological polar surface area (TPSA) is 94.3 Å². The second-order valence-corrected chi connectivity index (χ2v) is 6.48. The van der Waals surface area contributed by atoms with Crippen LogP contribution in [0, 0.1) is 20.8 Å². The highest BCUT2D eigenvalue weighted by atomic mass is 16.5. The molecule has 140 valence electrons. The Bertz CT molecular complexity index is 992. The number of amides is 1. The molecule has 1 unspecified atom stereocenters. The fraction of sp³-hybridized carbons (Fsp3) is 0.300. The van der Waals surface area contributed by atoms with Crippen LogP contribution in [0.1, 0.15) is 45.3 Å². The standard InChI is InChI=1S/C20H21N3O4/c1-11-5-7-14(8-6-11)16(10-17(24)26-4)22-19(25)15-9-12(2)21-20-18(15)13(3)23-27-20/h5-9,16H,10H2,1-4H3,(H,22,25). The molecule has 0 aliphatic carbocycles. The van der Waals surface area contributed by atoms with E-state index >= 15 is 0 Å². The van der Waals surface area contributed by atoms with E-state index in [4.69, 9.17) is 9.26 Å². The van der Waals surface area contributed by atoms with Crippen molar-refractivity contribution in [1.82, 2.24) is 15.5 Å². The number of rotatable bonds is 5. The SMILES string of the molecule is COC(=O)CC(NC(=O)c1cc(C)nc2onc(C)c12)c1ccc(C)cc1. The van der Waals surface area contributed by atoms with Gasteiger partial charge in [0.1, 0.15) is 0 Å². The molecule has 1 atom stereocenters. The third-order valence-corrected chi connectivity index (χ3v) is 4.37. The zero-order valence-corrected chi connectivity index (χ0v) is 15.7. The Kier molecular flexibility index (Phi) is 5.21. The molecule has 7 heteroatoms. The van der Waals surface area contributed by atoms with Crippen LogP contribution in [0.3, 0.4) is 0 Å².